The number of anilines is 2. The molecule has 4 rings (SSSR count). The molecule has 1 saturated heterocycles. The zero-order valence-electron chi connectivity index (χ0n) is 16.8. The van der Waals surface area contributed by atoms with Crippen molar-refractivity contribution in [2.24, 2.45) is 0 Å². The molecule has 2 aromatic carbocycles. The highest BCUT2D eigenvalue weighted by Crippen LogP contribution is 2.33. The van der Waals surface area contributed by atoms with Gasteiger partial charge in [-0.1, -0.05) is 18.2 Å². The maximum atomic E-state index is 13.1. The van der Waals surface area contributed by atoms with Crippen LogP contribution in [0.4, 0.5) is 11.4 Å². The SMILES string of the molecule is CCOC(=O)C1CNc2cc(S(=O)(=O)N3CCN(c4ccccc4)CC3)ccc2O1. The molecule has 2 aromatic rings. The number of fused-ring (bicyclic) bond motifs is 1. The Bertz CT molecular complexity index is 1000. The summed E-state index contributed by atoms with van der Waals surface area (Å²) in [6.07, 6.45) is -0.744. The lowest BCUT2D eigenvalue weighted by molar-refractivity contribution is -0.150. The summed E-state index contributed by atoms with van der Waals surface area (Å²) in [5.74, 6) is -0.00390. The number of rotatable bonds is 5. The fourth-order valence-corrected chi connectivity index (χ4v) is 5.10. The van der Waals surface area contributed by atoms with Crippen molar-refractivity contribution in [3.63, 3.8) is 0 Å². The van der Waals surface area contributed by atoms with Crippen molar-refractivity contribution in [2.45, 2.75) is 17.9 Å². The normalized spacial score (nSPS) is 19.4. The van der Waals surface area contributed by atoms with E-state index >= 15 is 0 Å². The molecule has 2 aliphatic heterocycles. The molecule has 8 nitrogen and oxygen atoms in total. The second kappa shape index (κ2) is 8.53. The van der Waals surface area contributed by atoms with Crippen LogP contribution >= 0.6 is 0 Å². The van der Waals surface area contributed by atoms with Crippen molar-refractivity contribution < 1.29 is 22.7 Å². The number of sulfonamides is 1. The maximum absolute atomic E-state index is 13.1. The molecular weight excluding hydrogens is 406 g/mol. The van der Waals surface area contributed by atoms with E-state index in [2.05, 4.69) is 10.2 Å². The van der Waals surface area contributed by atoms with E-state index in [0.717, 1.165) is 5.69 Å². The first kappa shape index (κ1) is 20.5. The molecule has 160 valence electrons. The number of benzene rings is 2. The lowest BCUT2D eigenvalue weighted by atomic mass is 10.2. The maximum Gasteiger partial charge on any atom is 0.349 e. The summed E-state index contributed by atoms with van der Waals surface area (Å²) in [5.41, 5.74) is 1.65. The van der Waals surface area contributed by atoms with Gasteiger partial charge < -0.3 is 19.7 Å². The summed E-state index contributed by atoms with van der Waals surface area (Å²) >= 11 is 0. The quantitative estimate of drug-likeness (QED) is 0.724. The van der Waals surface area contributed by atoms with Gasteiger partial charge in [-0.3, -0.25) is 0 Å². The molecule has 1 fully saturated rings. The number of nitrogens with one attached hydrogen (secondary N) is 1. The molecule has 0 radical (unpaired) electrons. The molecule has 9 heteroatoms. The van der Waals surface area contributed by atoms with Crippen molar-refractivity contribution in [1.82, 2.24) is 4.31 Å². The number of nitrogens with zero attached hydrogens (tertiary/aromatic N) is 2. The van der Waals surface area contributed by atoms with Crippen LogP contribution in [0.2, 0.25) is 0 Å². The molecule has 1 unspecified atom stereocenters. The van der Waals surface area contributed by atoms with Crippen LogP contribution in [0, 0.1) is 0 Å². The number of esters is 1. The summed E-state index contributed by atoms with van der Waals surface area (Å²) in [5, 5.41) is 3.08. The predicted molar refractivity (Wildman–Crippen MR) is 113 cm³/mol. The molecule has 0 aromatic heterocycles. The van der Waals surface area contributed by atoms with E-state index in [-0.39, 0.29) is 18.0 Å². The van der Waals surface area contributed by atoms with Gasteiger partial charge in [-0.05, 0) is 37.3 Å². The standard InChI is InChI=1S/C21H25N3O5S/c1-2-28-21(25)20-15-22-18-14-17(8-9-19(18)29-20)30(26,27)24-12-10-23(11-13-24)16-6-4-3-5-7-16/h3-9,14,20,22H,2,10-13,15H2,1H3. The van der Waals surface area contributed by atoms with E-state index in [9.17, 15) is 13.2 Å². The second-order valence-electron chi connectivity index (χ2n) is 7.12. The lowest BCUT2D eigenvalue weighted by Crippen LogP contribution is -2.48. The highest BCUT2D eigenvalue weighted by Gasteiger charge is 2.31. The summed E-state index contributed by atoms with van der Waals surface area (Å²) in [7, 11) is -3.62. The highest BCUT2D eigenvalue weighted by molar-refractivity contribution is 7.89. The summed E-state index contributed by atoms with van der Waals surface area (Å²) < 4.78 is 38.4. The Kier molecular flexibility index (Phi) is 5.83. The Morgan fingerprint density at radius 2 is 1.87 bits per heavy atom. The lowest BCUT2D eigenvalue weighted by Gasteiger charge is -2.35. The van der Waals surface area contributed by atoms with E-state index < -0.39 is 22.1 Å². The van der Waals surface area contributed by atoms with Crippen molar-refractivity contribution in [3.8, 4) is 5.75 Å². The molecular formula is C21H25N3O5S. The average molecular weight is 432 g/mol. The Morgan fingerprint density at radius 1 is 1.13 bits per heavy atom. The van der Waals surface area contributed by atoms with Crippen molar-refractivity contribution in [1.29, 1.82) is 0 Å². The summed E-state index contributed by atoms with van der Waals surface area (Å²) in [6, 6.07) is 14.7. The topological polar surface area (TPSA) is 88.2 Å². The fraction of sp³-hybridized carbons (Fsp3) is 0.381. The van der Waals surface area contributed by atoms with Crippen LogP contribution in [0.1, 0.15) is 6.92 Å². The Balaban J connectivity index is 1.45. The minimum Gasteiger partial charge on any atom is -0.475 e. The third kappa shape index (κ3) is 4.08. The average Bonchev–Trinajstić information content (AvgIpc) is 2.79. The fourth-order valence-electron chi connectivity index (χ4n) is 3.65. The Hall–Kier alpha value is -2.78. The summed E-state index contributed by atoms with van der Waals surface area (Å²) in [6.45, 7) is 4.35. The van der Waals surface area contributed by atoms with Gasteiger partial charge in [0.1, 0.15) is 5.75 Å². The van der Waals surface area contributed by atoms with E-state index in [1.54, 1.807) is 19.1 Å². The molecule has 1 atom stereocenters. The van der Waals surface area contributed by atoms with E-state index in [1.165, 1.54) is 10.4 Å². The van der Waals surface area contributed by atoms with Crippen LogP contribution in [0.3, 0.4) is 0 Å². The first-order valence-corrected chi connectivity index (χ1v) is 11.4. The van der Waals surface area contributed by atoms with Gasteiger partial charge >= 0.3 is 5.97 Å². The smallest absolute Gasteiger partial charge is 0.349 e. The Labute approximate surface area is 176 Å². The minimum absolute atomic E-state index is 0.208. The van der Waals surface area contributed by atoms with Crippen LogP contribution in [0.5, 0.6) is 5.75 Å². The van der Waals surface area contributed by atoms with Gasteiger partial charge in [0.15, 0.2) is 0 Å². The van der Waals surface area contributed by atoms with E-state index in [4.69, 9.17) is 9.47 Å². The van der Waals surface area contributed by atoms with Crippen molar-refractivity contribution >= 4 is 27.4 Å². The van der Waals surface area contributed by atoms with Gasteiger partial charge in [0.2, 0.25) is 16.1 Å². The molecule has 0 aliphatic carbocycles. The first-order chi connectivity index (χ1) is 14.5. The van der Waals surface area contributed by atoms with Gasteiger partial charge in [-0.2, -0.15) is 4.31 Å². The van der Waals surface area contributed by atoms with Crippen LogP contribution in [0.25, 0.3) is 0 Å². The molecule has 0 spiro atoms. The van der Waals surface area contributed by atoms with Crippen LogP contribution < -0.4 is 15.0 Å². The second-order valence-corrected chi connectivity index (χ2v) is 9.06. The zero-order chi connectivity index (χ0) is 21.1. The van der Waals surface area contributed by atoms with Gasteiger partial charge in [-0.25, -0.2) is 13.2 Å². The third-order valence-corrected chi connectivity index (χ3v) is 7.14. The van der Waals surface area contributed by atoms with Crippen molar-refractivity contribution in [3.05, 3.63) is 48.5 Å². The van der Waals surface area contributed by atoms with Gasteiger partial charge in [0.25, 0.3) is 0 Å². The number of piperazine rings is 1. The van der Waals surface area contributed by atoms with E-state index in [1.807, 2.05) is 30.3 Å². The number of carbonyl (C=O) groups is 1. The molecule has 30 heavy (non-hydrogen) atoms. The molecule has 2 aliphatic rings. The first-order valence-electron chi connectivity index (χ1n) is 10.0. The molecule has 0 saturated carbocycles. The molecule has 0 amide bonds. The predicted octanol–water partition coefficient (Wildman–Crippen LogP) is 1.93. The van der Waals surface area contributed by atoms with Crippen LogP contribution in [-0.2, 0) is 19.6 Å². The molecule has 1 N–H and O–H groups in total. The van der Waals surface area contributed by atoms with Crippen LogP contribution in [-0.4, -0.2) is 64.1 Å². The number of hydrogen-bond acceptors (Lipinski definition) is 7. The number of carbonyl (C=O) groups excluding carboxylic acids is 1. The highest BCUT2D eigenvalue weighted by atomic mass is 32.2. The number of ether oxygens (including phenoxy) is 2. The van der Waals surface area contributed by atoms with Gasteiger partial charge in [0.05, 0.1) is 23.7 Å². The zero-order valence-corrected chi connectivity index (χ0v) is 17.6. The monoisotopic (exact) mass is 431 g/mol. The molecule has 0 bridgehead atoms. The van der Waals surface area contributed by atoms with E-state index in [0.29, 0.717) is 37.6 Å². The van der Waals surface area contributed by atoms with Gasteiger partial charge in [-0.15, -0.1) is 0 Å². The largest absolute Gasteiger partial charge is 0.475 e. The number of para-hydroxylation sites is 1. The summed E-state index contributed by atoms with van der Waals surface area (Å²) in [4.78, 5) is 14.3. The van der Waals surface area contributed by atoms with Gasteiger partial charge in [0, 0.05) is 31.9 Å². The third-order valence-electron chi connectivity index (χ3n) is 5.25. The molecule has 2 heterocycles. The van der Waals surface area contributed by atoms with Crippen molar-refractivity contribution in [2.75, 3.05) is 49.5 Å². The Morgan fingerprint density at radius 3 is 2.57 bits per heavy atom. The van der Waals surface area contributed by atoms with Crippen LogP contribution in [0.15, 0.2) is 53.4 Å². The minimum atomic E-state index is -3.62. The number of hydrogen-bond donors (Lipinski definition) is 1.